The van der Waals surface area contributed by atoms with Gasteiger partial charge in [-0.1, -0.05) is 0 Å². The van der Waals surface area contributed by atoms with Gasteiger partial charge in [-0.25, -0.2) is 9.79 Å². The third-order valence-electron chi connectivity index (χ3n) is 3.01. The van der Waals surface area contributed by atoms with Crippen LogP contribution in [0.25, 0.3) is 0 Å². The van der Waals surface area contributed by atoms with Gasteiger partial charge in [0, 0.05) is 11.8 Å². The fraction of sp³-hybridized carbons (Fsp3) is 0.750. The molecule has 5 nitrogen and oxygen atoms in total. The van der Waals surface area contributed by atoms with Crippen LogP contribution in [-0.2, 0) is 4.74 Å². The maximum atomic E-state index is 11.9. The number of amidine groups is 1. The van der Waals surface area contributed by atoms with Crippen LogP contribution < -0.4 is 0 Å². The highest BCUT2D eigenvalue weighted by molar-refractivity contribution is 6.00. The summed E-state index contributed by atoms with van der Waals surface area (Å²) in [6.07, 6.45) is 1.14. The average Bonchev–Trinajstić information content (AvgIpc) is 2.69. The van der Waals surface area contributed by atoms with Crippen molar-refractivity contribution in [3.8, 4) is 0 Å². The van der Waals surface area contributed by atoms with Gasteiger partial charge in [-0.05, 0) is 34.6 Å². The molecule has 1 fully saturated rings. The maximum Gasteiger partial charge on any atom is 0.411 e. The predicted molar refractivity (Wildman–Crippen MR) is 66.7 cm³/mol. The summed E-state index contributed by atoms with van der Waals surface area (Å²) in [5.74, 6) is 0.630. The van der Waals surface area contributed by atoms with Gasteiger partial charge in [0.05, 0.1) is 12.1 Å². The Hall–Kier alpha value is -1.39. The van der Waals surface area contributed by atoms with Crippen LogP contribution >= 0.6 is 0 Å². The molecule has 0 saturated carbocycles. The maximum absolute atomic E-state index is 11.9. The van der Waals surface area contributed by atoms with Gasteiger partial charge in [0.25, 0.3) is 0 Å². The van der Waals surface area contributed by atoms with Gasteiger partial charge in [0.1, 0.15) is 0 Å². The van der Waals surface area contributed by atoms with E-state index in [4.69, 9.17) is 4.74 Å². The van der Waals surface area contributed by atoms with Crippen molar-refractivity contribution in [3.63, 3.8) is 0 Å². The SMILES string of the molecule is CC1C=NC([C@H]2OC(=O)N(C(C)(C)C)[C@H]2C)=N1. The Bertz CT molecular complexity index is 395. The predicted octanol–water partition coefficient (Wildman–Crippen LogP) is 1.87. The molecule has 0 aromatic rings. The molecule has 0 aliphatic carbocycles. The summed E-state index contributed by atoms with van der Waals surface area (Å²) in [5, 5.41) is 0. The van der Waals surface area contributed by atoms with Crippen molar-refractivity contribution in [1.29, 1.82) is 0 Å². The summed E-state index contributed by atoms with van der Waals surface area (Å²) in [5.41, 5.74) is -0.250. The van der Waals surface area contributed by atoms with E-state index in [-0.39, 0.29) is 29.8 Å². The third-order valence-corrected chi connectivity index (χ3v) is 3.01. The van der Waals surface area contributed by atoms with Crippen LogP contribution in [0, 0.1) is 0 Å². The number of carbonyl (C=O) groups excluding carboxylic acids is 1. The second-order valence-corrected chi connectivity index (χ2v) is 5.59. The van der Waals surface area contributed by atoms with Gasteiger partial charge < -0.3 is 4.74 Å². The molecule has 0 N–H and O–H groups in total. The summed E-state index contributed by atoms with van der Waals surface area (Å²) in [4.78, 5) is 22.2. The van der Waals surface area contributed by atoms with Crippen LogP contribution in [0.1, 0.15) is 34.6 Å². The van der Waals surface area contributed by atoms with Gasteiger partial charge in [-0.2, -0.15) is 0 Å². The molecule has 2 rings (SSSR count). The van der Waals surface area contributed by atoms with E-state index < -0.39 is 0 Å². The highest BCUT2D eigenvalue weighted by Crippen LogP contribution is 2.29. The monoisotopic (exact) mass is 237 g/mol. The zero-order valence-electron chi connectivity index (χ0n) is 11.0. The largest absolute Gasteiger partial charge is 0.436 e. The third kappa shape index (κ3) is 2.06. The number of nitrogens with zero attached hydrogens (tertiary/aromatic N) is 3. The zero-order valence-corrected chi connectivity index (χ0v) is 11.0. The second kappa shape index (κ2) is 3.82. The lowest BCUT2D eigenvalue weighted by Crippen LogP contribution is -2.48. The molecular formula is C12H19N3O2. The van der Waals surface area contributed by atoms with E-state index in [1.807, 2.05) is 34.6 Å². The van der Waals surface area contributed by atoms with E-state index in [1.165, 1.54) is 0 Å². The molecule has 2 aliphatic rings. The number of cyclic esters (lactones) is 1. The first-order valence-electron chi connectivity index (χ1n) is 5.92. The Labute approximate surface area is 102 Å². The molecule has 2 heterocycles. The normalized spacial score (nSPS) is 33.0. The van der Waals surface area contributed by atoms with Gasteiger partial charge in [-0.15, -0.1) is 0 Å². The Kier molecular flexibility index (Phi) is 2.72. The number of rotatable bonds is 1. The molecule has 1 amide bonds. The van der Waals surface area contributed by atoms with Crippen LogP contribution in [-0.4, -0.2) is 46.8 Å². The minimum atomic E-state index is -0.345. The first-order valence-corrected chi connectivity index (χ1v) is 5.92. The topological polar surface area (TPSA) is 54.3 Å². The molecule has 2 aliphatic heterocycles. The van der Waals surface area contributed by atoms with Crippen LogP contribution in [0.5, 0.6) is 0 Å². The number of hydrogen-bond donors (Lipinski definition) is 0. The molecule has 3 atom stereocenters. The zero-order chi connectivity index (χ0) is 12.8. The van der Waals surface area contributed by atoms with Crippen molar-refractivity contribution < 1.29 is 9.53 Å². The van der Waals surface area contributed by atoms with Crippen molar-refractivity contribution in [3.05, 3.63) is 0 Å². The van der Waals surface area contributed by atoms with E-state index in [9.17, 15) is 4.79 Å². The molecule has 0 radical (unpaired) electrons. The summed E-state index contributed by atoms with van der Waals surface area (Å²) in [7, 11) is 0. The molecule has 17 heavy (non-hydrogen) atoms. The minimum absolute atomic E-state index is 0.0382. The lowest BCUT2D eigenvalue weighted by atomic mass is 10.0. The van der Waals surface area contributed by atoms with E-state index in [1.54, 1.807) is 11.1 Å². The fourth-order valence-corrected chi connectivity index (χ4v) is 2.33. The smallest absolute Gasteiger partial charge is 0.411 e. The van der Waals surface area contributed by atoms with Crippen molar-refractivity contribution in [2.75, 3.05) is 0 Å². The van der Waals surface area contributed by atoms with Crippen LogP contribution in [0.15, 0.2) is 9.98 Å². The fourth-order valence-electron chi connectivity index (χ4n) is 2.33. The molecule has 5 heteroatoms. The lowest BCUT2D eigenvalue weighted by Gasteiger charge is -2.33. The molecule has 94 valence electrons. The number of amides is 1. The molecule has 1 unspecified atom stereocenters. The van der Waals surface area contributed by atoms with Crippen molar-refractivity contribution in [1.82, 2.24) is 4.90 Å². The van der Waals surface area contributed by atoms with Crippen LogP contribution in [0.2, 0.25) is 0 Å². The summed E-state index contributed by atoms with van der Waals surface area (Å²) in [6, 6.07) is 0.0447. The van der Waals surface area contributed by atoms with Gasteiger partial charge >= 0.3 is 6.09 Å². The molecule has 0 aromatic carbocycles. The second-order valence-electron chi connectivity index (χ2n) is 5.59. The molecule has 0 aromatic heterocycles. The summed E-state index contributed by atoms with van der Waals surface area (Å²) < 4.78 is 5.39. The number of hydrogen-bond acceptors (Lipinski definition) is 4. The van der Waals surface area contributed by atoms with Crippen molar-refractivity contribution in [2.45, 2.75) is 58.3 Å². The number of aliphatic imine (C=N–C) groups is 2. The van der Waals surface area contributed by atoms with E-state index in [0.29, 0.717) is 5.84 Å². The standard InChI is InChI=1S/C12H19N3O2/c1-7-6-13-10(14-7)9-8(2)15(11(16)17-9)12(3,4)5/h6-9H,1-5H3/t7?,8-,9-/m0/s1. The van der Waals surface area contributed by atoms with Crippen molar-refractivity contribution >= 4 is 18.1 Å². The summed E-state index contributed by atoms with van der Waals surface area (Å²) in [6.45, 7) is 9.92. The highest BCUT2D eigenvalue weighted by Gasteiger charge is 2.46. The van der Waals surface area contributed by atoms with E-state index in [0.717, 1.165) is 0 Å². The number of carbonyl (C=O) groups is 1. The highest BCUT2D eigenvalue weighted by atomic mass is 16.6. The lowest BCUT2D eigenvalue weighted by molar-refractivity contribution is 0.123. The van der Waals surface area contributed by atoms with Gasteiger partial charge in [-0.3, -0.25) is 9.89 Å². The Morgan fingerprint density at radius 1 is 1.35 bits per heavy atom. The van der Waals surface area contributed by atoms with Crippen molar-refractivity contribution in [2.24, 2.45) is 9.98 Å². The van der Waals surface area contributed by atoms with E-state index >= 15 is 0 Å². The summed E-state index contributed by atoms with van der Waals surface area (Å²) >= 11 is 0. The molecule has 0 bridgehead atoms. The number of ether oxygens (including phenoxy) is 1. The Morgan fingerprint density at radius 3 is 2.41 bits per heavy atom. The molecule has 0 spiro atoms. The molecule has 1 saturated heterocycles. The minimum Gasteiger partial charge on any atom is -0.436 e. The Balaban J connectivity index is 2.22. The van der Waals surface area contributed by atoms with Crippen LogP contribution in [0.3, 0.4) is 0 Å². The Morgan fingerprint density at radius 2 is 2.00 bits per heavy atom. The van der Waals surface area contributed by atoms with Crippen LogP contribution in [0.4, 0.5) is 4.79 Å². The van der Waals surface area contributed by atoms with Gasteiger partial charge in [0.15, 0.2) is 11.9 Å². The molecular weight excluding hydrogens is 218 g/mol. The first-order chi connectivity index (χ1) is 7.80. The van der Waals surface area contributed by atoms with E-state index in [2.05, 4.69) is 9.98 Å². The van der Waals surface area contributed by atoms with Gasteiger partial charge in [0.2, 0.25) is 0 Å². The first kappa shape index (κ1) is 12.1. The quantitative estimate of drug-likeness (QED) is 0.699. The average molecular weight is 237 g/mol.